The highest BCUT2D eigenvalue weighted by molar-refractivity contribution is 4.89. The van der Waals surface area contributed by atoms with E-state index >= 15 is 0 Å². The van der Waals surface area contributed by atoms with Crippen molar-refractivity contribution >= 4 is 0 Å². The third-order valence-electron chi connectivity index (χ3n) is 4.54. The summed E-state index contributed by atoms with van der Waals surface area (Å²) in [5.41, 5.74) is 6.97. The first kappa shape index (κ1) is 10.5. The van der Waals surface area contributed by atoms with Crippen LogP contribution in [0.1, 0.15) is 64.7 Å². The molecule has 2 rings (SSSR count). The first-order valence-electron chi connectivity index (χ1n) is 6.45. The summed E-state index contributed by atoms with van der Waals surface area (Å²) in [7, 11) is 0. The Morgan fingerprint density at radius 2 is 1.79 bits per heavy atom. The van der Waals surface area contributed by atoms with E-state index in [-0.39, 0.29) is 0 Å². The minimum absolute atomic E-state index is 0.501. The van der Waals surface area contributed by atoms with Gasteiger partial charge in [-0.05, 0) is 43.4 Å². The molecule has 2 aliphatic carbocycles. The van der Waals surface area contributed by atoms with E-state index < -0.39 is 0 Å². The standard InChI is InChI=1S/C13H25N/c1-13(8-5-9-13)10-12(14)11-6-3-2-4-7-11/h11-12H,2-10,14H2,1H3. The van der Waals surface area contributed by atoms with E-state index in [0.717, 1.165) is 5.92 Å². The summed E-state index contributed by atoms with van der Waals surface area (Å²) in [5, 5.41) is 0. The van der Waals surface area contributed by atoms with E-state index in [1.165, 1.54) is 57.8 Å². The molecule has 2 fully saturated rings. The molecule has 2 N–H and O–H groups in total. The quantitative estimate of drug-likeness (QED) is 0.733. The Labute approximate surface area is 88.4 Å². The predicted octanol–water partition coefficient (Wildman–Crippen LogP) is 3.47. The van der Waals surface area contributed by atoms with E-state index in [2.05, 4.69) is 6.92 Å². The van der Waals surface area contributed by atoms with Crippen LogP contribution in [0, 0.1) is 11.3 Å². The molecular weight excluding hydrogens is 170 g/mol. The van der Waals surface area contributed by atoms with Gasteiger partial charge in [0.1, 0.15) is 0 Å². The van der Waals surface area contributed by atoms with E-state index in [4.69, 9.17) is 5.73 Å². The topological polar surface area (TPSA) is 26.0 Å². The largest absolute Gasteiger partial charge is 0.327 e. The molecule has 0 aromatic heterocycles. The summed E-state index contributed by atoms with van der Waals surface area (Å²) in [6.07, 6.45) is 12.7. The number of nitrogens with two attached hydrogens (primary N) is 1. The van der Waals surface area contributed by atoms with E-state index in [1.807, 2.05) is 0 Å². The summed E-state index contributed by atoms with van der Waals surface area (Å²) < 4.78 is 0. The number of hydrogen-bond donors (Lipinski definition) is 1. The van der Waals surface area contributed by atoms with Crippen LogP contribution in [-0.2, 0) is 0 Å². The maximum absolute atomic E-state index is 6.34. The molecule has 0 amide bonds. The van der Waals surface area contributed by atoms with Crippen LogP contribution in [0.2, 0.25) is 0 Å². The van der Waals surface area contributed by atoms with Crippen LogP contribution in [-0.4, -0.2) is 6.04 Å². The fraction of sp³-hybridized carbons (Fsp3) is 1.00. The van der Waals surface area contributed by atoms with E-state index in [1.54, 1.807) is 0 Å². The second-order valence-corrected chi connectivity index (χ2v) is 5.93. The molecule has 1 unspecified atom stereocenters. The molecule has 0 aromatic rings. The van der Waals surface area contributed by atoms with E-state index in [0.29, 0.717) is 11.5 Å². The highest BCUT2D eigenvalue weighted by Gasteiger charge is 2.35. The molecule has 0 radical (unpaired) electrons. The molecule has 0 heterocycles. The Kier molecular flexibility index (Phi) is 3.16. The molecule has 0 spiro atoms. The first-order valence-corrected chi connectivity index (χ1v) is 6.45. The molecule has 0 aromatic carbocycles. The van der Waals surface area contributed by atoms with Gasteiger partial charge in [0.15, 0.2) is 0 Å². The van der Waals surface area contributed by atoms with Gasteiger partial charge < -0.3 is 5.73 Å². The van der Waals surface area contributed by atoms with Crippen LogP contribution in [0.5, 0.6) is 0 Å². The Balaban J connectivity index is 1.78. The van der Waals surface area contributed by atoms with Crippen molar-refractivity contribution in [1.82, 2.24) is 0 Å². The molecule has 0 bridgehead atoms. The van der Waals surface area contributed by atoms with Crippen molar-refractivity contribution in [2.24, 2.45) is 17.1 Å². The number of hydrogen-bond acceptors (Lipinski definition) is 1. The zero-order valence-corrected chi connectivity index (χ0v) is 9.60. The van der Waals surface area contributed by atoms with Crippen LogP contribution in [0.15, 0.2) is 0 Å². The van der Waals surface area contributed by atoms with Crippen molar-refractivity contribution in [3.63, 3.8) is 0 Å². The molecule has 14 heavy (non-hydrogen) atoms. The minimum atomic E-state index is 0.501. The summed E-state index contributed by atoms with van der Waals surface area (Å²) in [6, 6.07) is 0.501. The molecule has 0 saturated heterocycles. The van der Waals surface area contributed by atoms with Crippen LogP contribution >= 0.6 is 0 Å². The van der Waals surface area contributed by atoms with Gasteiger partial charge in [-0.25, -0.2) is 0 Å². The van der Waals surface area contributed by atoms with Crippen LogP contribution < -0.4 is 5.73 Å². The normalized spacial score (nSPS) is 29.6. The van der Waals surface area contributed by atoms with Gasteiger partial charge in [-0.2, -0.15) is 0 Å². The number of rotatable bonds is 3. The van der Waals surface area contributed by atoms with Crippen LogP contribution in [0.4, 0.5) is 0 Å². The van der Waals surface area contributed by atoms with Gasteiger partial charge in [-0.15, -0.1) is 0 Å². The monoisotopic (exact) mass is 195 g/mol. The second kappa shape index (κ2) is 4.22. The van der Waals surface area contributed by atoms with Gasteiger partial charge in [-0.1, -0.05) is 32.6 Å². The smallest absolute Gasteiger partial charge is 0.00723 e. The van der Waals surface area contributed by atoms with Gasteiger partial charge in [0.05, 0.1) is 0 Å². The van der Waals surface area contributed by atoms with Gasteiger partial charge in [0.25, 0.3) is 0 Å². The van der Waals surface area contributed by atoms with Crippen molar-refractivity contribution in [2.75, 3.05) is 0 Å². The van der Waals surface area contributed by atoms with E-state index in [9.17, 15) is 0 Å². The molecule has 2 saturated carbocycles. The predicted molar refractivity (Wildman–Crippen MR) is 61.1 cm³/mol. The lowest BCUT2D eigenvalue weighted by atomic mass is 9.65. The minimum Gasteiger partial charge on any atom is -0.327 e. The first-order chi connectivity index (χ1) is 6.70. The Bertz CT molecular complexity index is 178. The SMILES string of the molecule is CC1(CC(N)C2CCCCC2)CCC1. The zero-order valence-electron chi connectivity index (χ0n) is 9.60. The lowest BCUT2D eigenvalue weighted by Gasteiger charge is -2.42. The Morgan fingerprint density at radius 1 is 1.14 bits per heavy atom. The molecule has 1 atom stereocenters. The fourth-order valence-corrected chi connectivity index (χ4v) is 3.28. The average Bonchev–Trinajstić information content (AvgIpc) is 2.17. The van der Waals surface area contributed by atoms with Gasteiger partial charge in [-0.3, -0.25) is 0 Å². The highest BCUT2D eigenvalue weighted by Crippen LogP contribution is 2.45. The summed E-state index contributed by atoms with van der Waals surface area (Å²) >= 11 is 0. The lowest BCUT2D eigenvalue weighted by molar-refractivity contribution is 0.114. The molecular formula is C13H25N. The van der Waals surface area contributed by atoms with Crippen molar-refractivity contribution in [2.45, 2.75) is 70.8 Å². The summed E-state index contributed by atoms with van der Waals surface area (Å²) in [6.45, 7) is 2.43. The van der Waals surface area contributed by atoms with Gasteiger partial charge >= 0.3 is 0 Å². The van der Waals surface area contributed by atoms with Crippen molar-refractivity contribution in [1.29, 1.82) is 0 Å². The third kappa shape index (κ3) is 2.31. The van der Waals surface area contributed by atoms with Crippen molar-refractivity contribution < 1.29 is 0 Å². The van der Waals surface area contributed by atoms with Crippen LogP contribution in [0.3, 0.4) is 0 Å². The third-order valence-corrected chi connectivity index (χ3v) is 4.54. The molecule has 2 aliphatic rings. The second-order valence-electron chi connectivity index (χ2n) is 5.93. The molecule has 1 heteroatoms. The zero-order chi connectivity index (χ0) is 10.0. The van der Waals surface area contributed by atoms with Gasteiger partial charge in [0, 0.05) is 6.04 Å². The summed E-state index contributed by atoms with van der Waals surface area (Å²) in [4.78, 5) is 0. The van der Waals surface area contributed by atoms with Gasteiger partial charge in [0.2, 0.25) is 0 Å². The van der Waals surface area contributed by atoms with Crippen molar-refractivity contribution in [3.8, 4) is 0 Å². The van der Waals surface area contributed by atoms with Crippen molar-refractivity contribution in [3.05, 3.63) is 0 Å². The molecule has 1 nitrogen and oxygen atoms in total. The Hall–Kier alpha value is -0.0400. The summed E-state index contributed by atoms with van der Waals surface area (Å²) in [5.74, 6) is 0.848. The fourth-order valence-electron chi connectivity index (χ4n) is 3.28. The molecule has 82 valence electrons. The lowest BCUT2D eigenvalue weighted by Crippen LogP contribution is -2.39. The maximum atomic E-state index is 6.34. The average molecular weight is 195 g/mol. The molecule has 0 aliphatic heterocycles. The maximum Gasteiger partial charge on any atom is 0.00723 e. The van der Waals surface area contributed by atoms with Crippen LogP contribution in [0.25, 0.3) is 0 Å². The highest BCUT2D eigenvalue weighted by atomic mass is 14.7. The Morgan fingerprint density at radius 3 is 2.29 bits per heavy atom.